The lowest BCUT2D eigenvalue weighted by Crippen LogP contribution is -2.01. The van der Waals surface area contributed by atoms with Crippen molar-refractivity contribution < 1.29 is 13.2 Å². The Morgan fingerprint density at radius 1 is 0.826 bits per heavy atom. The van der Waals surface area contributed by atoms with Crippen LogP contribution in [0.1, 0.15) is 0 Å². The molecule has 0 aliphatic heterocycles. The third-order valence-electron chi connectivity index (χ3n) is 3.77. The van der Waals surface area contributed by atoms with E-state index in [-0.39, 0.29) is 16.8 Å². The maximum absolute atomic E-state index is 13.4. The molecule has 0 N–H and O–H groups in total. The van der Waals surface area contributed by atoms with Crippen LogP contribution in [0.2, 0.25) is 0 Å². The zero-order valence-electron chi connectivity index (χ0n) is 11.8. The van der Waals surface area contributed by atoms with E-state index in [1.54, 1.807) is 6.07 Å². The topological polar surface area (TPSA) is 30.2 Å². The van der Waals surface area contributed by atoms with E-state index in [0.29, 0.717) is 11.0 Å². The number of hydrogen-bond acceptors (Lipinski definition) is 2. The Kier molecular flexibility index (Phi) is 2.98. The maximum Gasteiger partial charge on any atom is 0.193 e. The van der Waals surface area contributed by atoms with Crippen molar-refractivity contribution >= 4 is 21.7 Å². The van der Waals surface area contributed by atoms with Crippen molar-refractivity contribution in [3.8, 4) is 11.3 Å². The first-order valence-corrected chi connectivity index (χ1v) is 7.04. The van der Waals surface area contributed by atoms with Gasteiger partial charge >= 0.3 is 0 Å². The smallest absolute Gasteiger partial charge is 0.193 e. The molecule has 0 fully saturated rings. The van der Waals surface area contributed by atoms with E-state index in [2.05, 4.69) is 0 Å². The first-order valence-electron chi connectivity index (χ1n) is 7.04. The third-order valence-corrected chi connectivity index (χ3v) is 3.77. The Morgan fingerprint density at radius 3 is 2.35 bits per heavy atom. The van der Waals surface area contributed by atoms with Gasteiger partial charge in [0.25, 0.3) is 0 Å². The summed E-state index contributed by atoms with van der Waals surface area (Å²) in [5, 5.41) is 2.18. The van der Waals surface area contributed by atoms with E-state index < -0.39 is 11.6 Å². The fraction of sp³-hybridized carbons (Fsp3) is 0. The number of fused-ring (bicyclic) bond motifs is 3. The second-order valence-corrected chi connectivity index (χ2v) is 5.29. The van der Waals surface area contributed by atoms with Gasteiger partial charge in [-0.15, -0.1) is 0 Å². The summed E-state index contributed by atoms with van der Waals surface area (Å²) in [4.78, 5) is 12.5. The van der Waals surface area contributed by atoms with Crippen LogP contribution in [-0.4, -0.2) is 0 Å². The molecule has 0 bridgehead atoms. The predicted octanol–water partition coefficient (Wildman–Crippen LogP) is 4.89. The average Bonchev–Trinajstić information content (AvgIpc) is 2.53. The second kappa shape index (κ2) is 5.02. The Balaban J connectivity index is 2.05. The van der Waals surface area contributed by atoms with Gasteiger partial charge in [0.2, 0.25) is 0 Å². The number of hydrogen-bond donors (Lipinski definition) is 0. The highest BCUT2D eigenvalue weighted by atomic mass is 19.1. The molecule has 0 saturated heterocycles. The highest BCUT2D eigenvalue weighted by Gasteiger charge is 2.11. The molecule has 1 heterocycles. The summed E-state index contributed by atoms with van der Waals surface area (Å²) in [5.74, 6) is -1.31. The summed E-state index contributed by atoms with van der Waals surface area (Å²) < 4.78 is 32.5. The molecule has 0 aliphatic carbocycles. The molecule has 0 amide bonds. The zero-order chi connectivity index (χ0) is 16.0. The van der Waals surface area contributed by atoms with Crippen LogP contribution in [-0.2, 0) is 0 Å². The molecule has 0 saturated carbocycles. The molecule has 3 aromatic carbocycles. The van der Waals surface area contributed by atoms with Crippen molar-refractivity contribution in [2.75, 3.05) is 0 Å². The standard InChI is InChI=1S/C19H10F2O2/c20-13-7-12(8-14(21)9-13)18-10-16(22)19-15-4-2-1-3-11(15)5-6-17(19)23-18/h1-10H. The van der Waals surface area contributed by atoms with Crippen molar-refractivity contribution in [3.63, 3.8) is 0 Å². The van der Waals surface area contributed by atoms with Crippen molar-refractivity contribution in [2.45, 2.75) is 0 Å². The number of benzene rings is 3. The summed E-state index contributed by atoms with van der Waals surface area (Å²) in [5.41, 5.74) is 0.327. The average molecular weight is 308 g/mol. The molecule has 0 atom stereocenters. The van der Waals surface area contributed by atoms with Crippen LogP contribution in [0.3, 0.4) is 0 Å². The highest BCUT2D eigenvalue weighted by molar-refractivity contribution is 6.05. The molecule has 4 aromatic rings. The van der Waals surface area contributed by atoms with Crippen LogP contribution in [0.5, 0.6) is 0 Å². The molecule has 2 nitrogen and oxygen atoms in total. The summed E-state index contributed by atoms with van der Waals surface area (Å²) in [7, 11) is 0. The molecule has 0 aliphatic rings. The molecule has 4 heteroatoms. The van der Waals surface area contributed by atoms with Crippen LogP contribution < -0.4 is 5.43 Å². The number of rotatable bonds is 1. The lowest BCUT2D eigenvalue weighted by atomic mass is 10.0. The Hall–Kier alpha value is -3.01. The van der Waals surface area contributed by atoms with Crippen LogP contribution in [0.15, 0.2) is 69.9 Å². The van der Waals surface area contributed by atoms with Gasteiger partial charge in [0.1, 0.15) is 23.0 Å². The van der Waals surface area contributed by atoms with E-state index in [0.717, 1.165) is 29.0 Å². The summed E-state index contributed by atoms with van der Waals surface area (Å²) >= 11 is 0. The SMILES string of the molecule is O=c1cc(-c2cc(F)cc(F)c2)oc2ccc3ccccc3c12. The van der Waals surface area contributed by atoms with Crippen LogP contribution in [0.4, 0.5) is 8.78 Å². The first-order chi connectivity index (χ1) is 11.1. The maximum atomic E-state index is 13.4. The van der Waals surface area contributed by atoms with Crippen molar-refractivity contribution in [3.05, 3.63) is 82.5 Å². The molecule has 23 heavy (non-hydrogen) atoms. The first kappa shape index (κ1) is 13.6. The number of halogens is 2. The summed E-state index contributed by atoms with van der Waals surface area (Å²) in [6.45, 7) is 0. The lowest BCUT2D eigenvalue weighted by Gasteiger charge is -2.06. The van der Waals surface area contributed by atoms with Gasteiger partial charge < -0.3 is 4.42 Å². The second-order valence-electron chi connectivity index (χ2n) is 5.29. The molecule has 0 spiro atoms. The van der Waals surface area contributed by atoms with Gasteiger partial charge in [0, 0.05) is 17.7 Å². The Labute approximate surface area is 129 Å². The molecule has 0 radical (unpaired) electrons. The lowest BCUT2D eigenvalue weighted by molar-refractivity contribution is 0.578. The van der Waals surface area contributed by atoms with Crippen LogP contribution >= 0.6 is 0 Å². The van der Waals surface area contributed by atoms with Gasteiger partial charge in [-0.1, -0.05) is 30.3 Å². The van der Waals surface area contributed by atoms with Crippen molar-refractivity contribution in [2.24, 2.45) is 0 Å². The monoisotopic (exact) mass is 308 g/mol. The molecule has 4 rings (SSSR count). The molecular formula is C19H10F2O2. The summed E-state index contributed by atoms with van der Waals surface area (Å²) in [6.07, 6.45) is 0. The van der Waals surface area contributed by atoms with Gasteiger partial charge in [-0.2, -0.15) is 0 Å². The highest BCUT2D eigenvalue weighted by Crippen LogP contribution is 2.27. The molecular weight excluding hydrogens is 298 g/mol. The minimum atomic E-state index is -0.721. The van der Waals surface area contributed by atoms with Gasteiger partial charge in [-0.25, -0.2) is 8.78 Å². The minimum Gasteiger partial charge on any atom is -0.456 e. The van der Waals surface area contributed by atoms with E-state index >= 15 is 0 Å². The van der Waals surface area contributed by atoms with E-state index in [9.17, 15) is 13.6 Å². The van der Waals surface area contributed by atoms with E-state index in [4.69, 9.17) is 4.42 Å². The third kappa shape index (κ3) is 2.28. The normalized spacial score (nSPS) is 11.2. The fourth-order valence-electron chi connectivity index (χ4n) is 2.77. The fourth-order valence-corrected chi connectivity index (χ4v) is 2.77. The largest absolute Gasteiger partial charge is 0.456 e. The van der Waals surface area contributed by atoms with Gasteiger partial charge in [0.05, 0.1) is 5.39 Å². The van der Waals surface area contributed by atoms with Gasteiger partial charge in [-0.3, -0.25) is 4.79 Å². The van der Waals surface area contributed by atoms with Crippen molar-refractivity contribution in [1.29, 1.82) is 0 Å². The quantitative estimate of drug-likeness (QED) is 0.469. The zero-order valence-corrected chi connectivity index (χ0v) is 11.8. The Morgan fingerprint density at radius 2 is 1.57 bits per heavy atom. The Bertz CT molecular complexity index is 1090. The molecule has 112 valence electrons. The van der Waals surface area contributed by atoms with E-state index in [1.165, 1.54) is 6.07 Å². The van der Waals surface area contributed by atoms with Gasteiger partial charge in [0.15, 0.2) is 5.43 Å². The van der Waals surface area contributed by atoms with E-state index in [1.807, 2.05) is 30.3 Å². The molecule has 1 aromatic heterocycles. The molecule has 0 unspecified atom stereocenters. The van der Waals surface area contributed by atoms with Gasteiger partial charge in [-0.05, 0) is 29.0 Å². The van der Waals surface area contributed by atoms with Crippen molar-refractivity contribution in [1.82, 2.24) is 0 Å². The minimum absolute atomic E-state index is 0.135. The van der Waals surface area contributed by atoms with Crippen LogP contribution in [0, 0.1) is 11.6 Å². The van der Waals surface area contributed by atoms with Crippen LogP contribution in [0.25, 0.3) is 33.1 Å². The predicted molar refractivity (Wildman–Crippen MR) is 85.3 cm³/mol. The summed E-state index contributed by atoms with van der Waals surface area (Å²) in [6, 6.07) is 15.3.